The summed E-state index contributed by atoms with van der Waals surface area (Å²) in [6.45, 7) is 0.0290. The number of hydrogen-bond donors (Lipinski definition) is 0. The van der Waals surface area contributed by atoms with Crippen LogP contribution in [0.2, 0.25) is 0 Å². The van der Waals surface area contributed by atoms with Gasteiger partial charge in [-0.3, -0.25) is 0 Å². The van der Waals surface area contributed by atoms with Crippen molar-refractivity contribution in [3.63, 3.8) is 0 Å². The molecular formula is C54H38BN3Si. The van der Waals surface area contributed by atoms with Gasteiger partial charge in [-0.05, 0) is 110 Å². The summed E-state index contributed by atoms with van der Waals surface area (Å²) in [7, 11) is -2.89. The predicted molar refractivity (Wildman–Crippen MR) is 252 cm³/mol. The minimum atomic E-state index is -2.89. The largest absolute Gasteiger partial charge is 0.311 e. The molecule has 3 aliphatic rings. The highest BCUT2D eigenvalue weighted by atomic mass is 28.3. The zero-order valence-corrected chi connectivity index (χ0v) is 33.4. The fourth-order valence-electron chi connectivity index (χ4n) is 10.5. The Morgan fingerprint density at radius 2 is 0.695 bits per heavy atom. The maximum atomic E-state index is 2.56. The molecule has 0 radical (unpaired) electrons. The minimum Gasteiger partial charge on any atom is -0.311 e. The first-order valence-corrected chi connectivity index (χ1v) is 22.5. The number of para-hydroxylation sites is 4. The van der Waals surface area contributed by atoms with Crippen LogP contribution in [0.4, 0.5) is 51.2 Å². The molecule has 9 aromatic carbocycles. The Hall–Kier alpha value is -7.34. The number of anilines is 9. The molecule has 0 aromatic heterocycles. The molecule has 0 spiro atoms. The maximum absolute atomic E-state index is 2.89. The Labute approximate surface area is 346 Å². The predicted octanol–water partition coefficient (Wildman–Crippen LogP) is 8.93. The molecule has 0 saturated heterocycles. The summed E-state index contributed by atoms with van der Waals surface area (Å²) < 4.78 is 0. The average molecular weight is 768 g/mol. The monoisotopic (exact) mass is 767 g/mol. The first kappa shape index (κ1) is 33.8. The van der Waals surface area contributed by atoms with Gasteiger partial charge in [-0.15, -0.1) is 0 Å². The zero-order valence-electron chi connectivity index (χ0n) is 32.4. The van der Waals surface area contributed by atoms with E-state index in [4.69, 9.17) is 0 Å². The van der Waals surface area contributed by atoms with E-state index in [2.05, 4.69) is 245 Å². The Bertz CT molecular complexity index is 2800. The zero-order chi connectivity index (χ0) is 38.9. The molecular weight excluding hydrogens is 730 g/mol. The van der Waals surface area contributed by atoms with Crippen LogP contribution in [0.1, 0.15) is 0 Å². The number of hydrogen-bond acceptors (Lipinski definition) is 3. The molecule has 0 amide bonds. The van der Waals surface area contributed by atoms with Crippen LogP contribution in [-0.2, 0) is 0 Å². The van der Waals surface area contributed by atoms with Crippen molar-refractivity contribution in [2.75, 3.05) is 14.7 Å². The first-order chi connectivity index (χ1) is 29.3. The maximum Gasteiger partial charge on any atom is 0.251 e. The van der Waals surface area contributed by atoms with Crippen molar-refractivity contribution < 1.29 is 0 Å². The third kappa shape index (κ3) is 4.89. The molecule has 59 heavy (non-hydrogen) atoms. The summed E-state index contributed by atoms with van der Waals surface area (Å²) >= 11 is 0. The summed E-state index contributed by atoms with van der Waals surface area (Å²) in [5.41, 5.74) is 14.7. The van der Waals surface area contributed by atoms with Gasteiger partial charge in [0.2, 0.25) is 0 Å². The molecule has 0 aliphatic carbocycles. The van der Waals surface area contributed by atoms with Crippen LogP contribution < -0.4 is 51.8 Å². The van der Waals surface area contributed by atoms with Crippen LogP contribution >= 0.6 is 0 Å². The van der Waals surface area contributed by atoms with Gasteiger partial charge >= 0.3 is 0 Å². The average Bonchev–Trinajstić information content (AvgIpc) is 3.31. The molecule has 0 bridgehead atoms. The van der Waals surface area contributed by atoms with E-state index in [-0.39, 0.29) is 6.71 Å². The SMILES string of the molecule is c1ccc(N(c2ccccc2)c2cc3c4c(c2)N(c2ccccc2)c2cccc5c2B4c2c(cccc2[Si]5(c2ccccc2)c2ccccc2)N3c2ccccc2)cc1. The van der Waals surface area contributed by atoms with E-state index in [0.717, 1.165) is 28.4 Å². The van der Waals surface area contributed by atoms with Gasteiger partial charge in [-0.25, -0.2) is 0 Å². The molecule has 3 heterocycles. The van der Waals surface area contributed by atoms with Gasteiger partial charge < -0.3 is 14.7 Å². The van der Waals surface area contributed by atoms with E-state index < -0.39 is 8.07 Å². The van der Waals surface area contributed by atoms with Crippen molar-refractivity contribution in [2.24, 2.45) is 0 Å². The Kier molecular flexibility index (Phi) is 7.65. The molecule has 5 heteroatoms. The molecule has 0 saturated carbocycles. The van der Waals surface area contributed by atoms with Gasteiger partial charge in [-0.1, -0.05) is 158 Å². The molecule has 276 valence electrons. The molecule has 12 rings (SSSR count). The summed E-state index contributed by atoms with van der Waals surface area (Å²) in [6.07, 6.45) is 0. The van der Waals surface area contributed by atoms with E-state index in [0.29, 0.717) is 0 Å². The Balaban J connectivity index is 1.26. The summed E-state index contributed by atoms with van der Waals surface area (Å²) in [6, 6.07) is 85.6. The first-order valence-electron chi connectivity index (χ1n) is 20.5. The van der Waals surface area contributed by atoms with Crippen LogP contribution in [0.5, 0.6) is 0 Å². The van der Waals surface area contributed by atoms with Crippen molar-refractivity contribution in [2.45, 2.75) is 0 Å². The Morgan fingerprint density at radius 3 is 1.10 bits per heavy atom. The van der Waals surface area contributed by atoms with Gasteiger partial charge in [0, 0.05) is 45.5 Å². The minimum absolute atomic E-state index is 0.0290. The third-order valence-corrected chi connectivity index (χ3v) is 17.5. The van der Waals surface area contributed by atoms with E-state index in [9.17, 15) is 0 Å². The van der Waals surface area contributed by atoms with Crippen LogP contribution in [-0.4, -0.2) is 14.8 Å². The number of nitrogens with zero attached hydrogens (tertiary/aromatic N) is 3. The smallest absolute Gasteiger partial charge is 0.251 e. The molecule has 3 aliphatic heterocycles. The molecule has 3 nitrogen and oxygen atoms in total. The van der Waals surface area contributed by atoms with Crippen molar-refractivity contribution in [3.05, 3.63) is 231 Å². The quantitative estimate of drug-likeness (QED) is 0.150. The topological polar surface area (TPSA) is 9.72 Å². The normalized spacial score (nSPS) is 13.8. The fraction of sp³-hybridized carbons (Fsp3) is 0. The second kappa shape index (κ2) is 13.4. The van der Waals surface area contributed by atoms with Crippen LogP contribution in [0.3, 0.4) is 0 Å². The van der Waals surface area contributed by atoms with E-state index in [1.54, 1.807) is 0 Å². The molecule has 0 atom stereocenters. The van der Waals surface area contributed by atoms with Crippen molar-refractivity contribution in [1.82, 2.24) is 0 Å². The van der Waals surface area contributed by atoms with E-state index in [1.165, 1.54) is 59.9 Å². The lowest BCUT2D eigenvalue weighted by Gasteiger charge is -2.51. The fourth-order valence-corrected chi connectivity index (χ4v) is 15.8. The van der Waals surface area contributed by atoms with Crippen molar-refractivity contribution in [3.8, 4) is 0 Å². The third-order valence-electron chi connectivity index (χ3n) is 12.7. The van der Waals surface area contributed by atoms with Gasteiger partial charge in [0.15, 0.2) is 8.07 Å². The summed E-state index contributed by atoms with van der Waals surface area (Å²) in [5.74, 6) is 0. The second-order valence-corrected chi connectivity index (χ2v) is 19.4. The van der Waals surface area contributed by atoms with Crippen molar-refractivity contribution in [1.29, 1.82) is 0 Å². The van der Waals surface area contributed by atoms with Gasteiger partial charge in [0.1, 0.15) is 0 Å². The lowest BCUT2D eigenvalue weighted by molar-refractivity contribution is 1.23. The van der Waals surface area contributed by atoms with Crippen LogP contribution in [0, 0.1) is 0 Å². The highest BCUT2D eigenvalue weighted by Crippen LogP contribution is 2.48. The van der Waals surface area contributed by atoms with Crippen LogP contribution in [0.25, 0.3) is 0 Å². The lowest BCUT2D eigenvalue weighted by Crippen LogP contribution is -2.88. The van der Waals surface area contributed by atoms with Crippen molar-refractivity contribution >= 4 is 103 Å². The molecule has 0 N–H and O–H groups in total. The lowest BCUT2D eigenvalue weighted by atomic mass is 9.33. The standard InChI is InChI=1S/C54H38BN3Si/c1-7-21-39(22-8-1)56(40-23-9-2-10-24-40)43-37-48-52-49(38-43)58(42-27-13-4-14-28-42)47-34-20-36-51-54(47)55(52)53-46(57(48)41-25-11-3-12-26-41)33-19-35-50(53)59(51,44-29-15-5-16-30-44)45-31-17-6-18-32-45/h1-38H. The Morgan fingerprint density at radius 1 is 0.322 bits per heavy atom. The highest BCUT2D eigenvalue weighted by molar-refractivity contribution is 7.27. The second-order valence-electron chi connectivity index (χ2n) is 15.6. The van der Waals surface area contributed by atoms with E-state index in [1.807, 2.05) is 0 Å². The van der Waals surface area contributed by atoms with Gasteiger partial charge in [-0.2, -0.15) is 0 Å². The summed E-state index contributed by atoms with van der Waals surface area (Å²) in [5, 5.41) is 5.73. The van der Waals surface area contributed by atoms with Gasteiger partial charge in [0.25, 0.3) is 6.71 Å². The number of benzene rings is 9. The van der Waals surface area contributed by atoms with Gasteiger partial charge in [0.05, 0.1) is 5.69 Å². The molecule has 0 fully saturated rings. The molecule has 0 unspecified atom stereocenters. The van der Waals surface area contributed by atoms with E-state index >= 15 is 0 Å². The van der Waals surface area contributed by atoms with Crippen LogP contribution in [0.15, 0.2) is 231 Å². The molecule has 9 aromatic rings. The summed E-state index contributed by atoms with van der Waals surface area (Å²) in [4.78, 5) is 7.52. The number of rotatable bonds is 7. The highest BCUT2D eigenvalue weighted by Gasteiger charge is 2.56.